The molecule has 0 heterocycles. The summed E-state index contributed by atoms with van der Waals surface area (Å²) in [5.41, 5.74) is 2.13. The molecule has 3 N–H and O–H groups in total. The van der Waals surface area contributed by atoms with E-state index in [1.165, 1.54) is 50.5 Å². The topological polar surface area (TPSA) is 95.9 Å². The Morgan fingerprint density at radius 1 is 1.11 bits per heavy atom. The number of nitrogens with one attached hydrogen (secondary N) is 1. The predicted molar refractivity (Wildman–Crippen MR) is 143 cm³/mol. The normalized spacial score (nSPS) is 39.1. The molecule has 206 valence electrons. The van der Waals surface area contributed by atoms with Crippen molar-refractivity contribution in [1.82, 2.24) is 5.09 Å². The number of allylic oxidation sites excluding steroid dienone is 1. The molecule has 0 amide bonds. The van der Waals surface area contributed by atoms with Gasteiger partial charge in [0.05, 0.1) is 0 Å². The molecule has 0 aromatic heterocycles. The number of fused-ring (bicyclic) bond motifs is 5. The molecule has 0 aliphatic heterocycles. The highest BCUT2D eigenvalue weighted by atomic mass is 31.2. The van der Waals surface area contributed by atoms with Crippen LogP contribution in [-0.4, -0.2) is 28.4 Å². The third kappa shape index (κ3) is 5.82. The monoisotopic (exact) mass is 523 g/mol. The summed E-state index contributed by atoms with van der Waals surface area (Å²) in [5, 5.41) is 1.94. The minimum absolute atomic E-state index is 0.191. The largest absolute Gasteiger partial charge is 0.461 e. The van der Waals surface area contributed by atoms with Crippen LogP contribution in [0.3, 0.4) is 0 Å². The summed E-state index contributed by atoms with van der Waals surface area (Å²) in [6.45, 7) is 11.8. The van der Waals surface area contributed by atoms with Crippen LogP contribution >= 0.6 is 7.75 Å². The van der Waals surface area contributed by atoms with E-state index in [4.69, 9.17) is 14.5 Å². The minimum Gasteiger partial charge on any atom is -0.461 e. The highest BCUT2D eigenvalue weighted by molar-refractivity contribution is 7.49. The smallest absolute Gasteiger partial charge is 0.400 e. The van der Waals surface area contributed by atoms with Crippen LogP contribution in [0.4, 0.5) is 0 Å². The van der Waals surface area contributed by atoms with Gasteiger partial charge in [-0.15, -0.1) is 0 Å². The number of hydrogen-bond acceptors (Lipinski definition) is 3. The average molecular weight is 524 g/mol. The summed E-state index contributed by atoms with van der Waals surface area (Å²) >= 11 is 0. The van der Waals surface area contributed by atoms with Gasteiger partial charge in [0, 0.05) is 6.42 Å². The summed E-state index contributed by atoms with van der Waals surface area (Å²) in [6, 6.07) is 0. The first kappa shape index (κ1) is 28.3. The van der Waals surface area contributed by atoms with Crippen molar-refractivity contribution in [2.24, 2.45) is 46.3 Å². The third-order valence-electron chi connectivity index (χ3n) is 11.0. The molecule has 7 heteroatoms. The van der Waals surface area contributed by atoms with Gasteiger partial charge in [0.2, 0.25) is 0 Å². The highest BCUT2D eigenvalue weighted by Gasteiger charge is 2.59. The number of carbonyl (C=O) groups is 1. The van der Waals surface area contributed by atoms with Gasteiger partial charge < -0.3 is 14.5 Å². The Morgan fingerprint density at radius 3 is 2.56 bits per heavy atom. The minimum atomic E-state index is -4.42. The molecule has 3 saturated carbocycles. The molecule has 3 fully saturated rings. The molecule has 0 saturated heterocycles. The van der Waals surface area contributed by atoms with E-state index in [1.54, 1.807) is 0 Å². The van der Waals surface area contributed by atoms with Gasteiger partial charge in [-0.3, -0.25) is 4.79 Å². The summed E-state index contributed by atoms with van der Waals surface area (Å²) in [4.78, 5) is 30.0. The van der Waals surface area contributed by atoms with Crippen molar-refractivity contribution in [2.45, 2.75) is 111 Å². The summed E-state index contributed by atoms with van der Waals surface area (Å²) < 4.78 is 16.6. The molecule has 0 spiro atoms. The first-order chi connectivity index (χ1) is 16.8. The van der Waals surface area contributed by atoms with Crippen LogP contribution in [0.15, 0.2) is 11.6 Å². The van der Waals surface area contributed by atoms with Crippen LogP contribution in [0, 0.1) is 46.3 Å². The van der Waals surface area contributed by atoms with Crippen molar-refractivity contribution >= 4 is 13.7 Å². The molecule has 36 heavy (non-hydrogen) atoms. The number of hydrogen-bond donors (Lipinski definition) is 3. The number of carbonyl (C=O) groups excluding carboxylic acids is 1. The second-order valence-corrected chi connectivity index (χ2v) is 14.9. The zero-order chi connectivity index (χ0) is 26.3. The Labute approximate surface area is 218 Å². The lowest BCUT2D eigenvalue weighted by Gasteiger charge is -2.58. The van der Waals surface area contributed by atoms with Gasteiger partial charge in [-0.05, 0) is 91.3 Å². The number of rotatable bonds is 9. The Kier molecular flexibility index (Phi) is 8.52. The maximum atomic E-state index is 12.1. The number of ether oxygens (including phenoxy) is 1. The highest BCUT2D eigenvalue weighted by Crippen LogP contribution is 2.67. The van der Waals surface area contributed by atoms with E-state index in [0.717, 1.165) is 61.2 Å². The molecule has 8 atom stereocenters. The quantitative estimate of drug-likeness (QED) is 0.179. The zero-order valence-electron chi connectivity index (χ0n) is 23.2. The van der Waals surface area contributed by atoms with Gasteiger partial charge in [-0.1, -0.05) is 65.5 Å². The Bertz CT molecular complexity index is 883. The van der Waals surface area contributed by atoms with Crippen LogP contribution in [-0.2, 0) is 14.1 Å². The van der Waals surface area contributed by atoms with E-state index in [1.807, 2.05) is 5.09 Å². The van der Waals surface area contributed by atoms with Gasteiger partial charge in [-0.25, -0.2) is 9.65 Å². The molecule has 6 nitrogen and oxygen atoms in total. The Hall–Kier alpha value is -0.680. The second kappa shape index (κ2) is 10.8. The molecule has 0 bridgehead atoms. The molecular formula is C29H50NO5P. The molecule has 0 aromatic carbocycles. The van der Waals surface area contributed by atoms with Gasteiger partial charge in [0.15, 0.2) is 0 Å². The summed E-state index contributed by atoms with van der Waals surface area (Å²) in [6.07, 6.45) is 15.6. The fourth-order valence-corrected chi connectivity index (χ4v) is 9.48. The molecule has 0 aromatic rings. The lowest BCUT2D eigenvalue weighted by atomic mass is 9.47. The van der Waals surface area contributed by atoms with E-state index in [0.29, 0.717) is 5.41 Å². The van der Waals surface area contributed by atoms with Crippen molar-refractivity contribution in [3.8, 4) is 0 Å². The van der Waals surface area contributed by atoms with E-state index in [2.05, 4.69) is 40.7 Å². The van der Waals surface area contributed by atoms with Crippen molar-refractivity contribution in [2.75, 3.05) is 6.54 Å². The standard InChI is InChI=1S/C29H50NO5P/c1-19(2)7-6-8-20(3)24-11-12-25-23-10-9-21-17-22(35-27(31)18-30-36(32,33)34)13-15-28(21,4)26(23)14-16-29(24,25)5/h9,19-20,22-26H,6-8,10-18H2,1-5H3,(H3,30,32,33,34)/t20-,22+,23+,24?,25+,26+,28+,29-/m1/s1. The van der Waals surface area contributed by atoms with E-state index >= 15 is 0 Å². The van der Waals surface area contributed by atoms with Crippen LogP contribution in [0.2, 0.25) is 0 Å². The lowest BCUT2D eigenvalue weighted by Crippen LogP contribution is -2.51. The van der Waals surface area contributed by atoms with Crippen LogP contribution in [0.25, 0.3) is 0 Å². The van der Waals surface area contributed by atoms with Crippen molar-refractivity contribution in [1.29, 1.82) is 0 Å². The fourth-order valence-electron chi connectivity index (χ4n) is 9.15. The maximum absolute atomic E-state index is 12.1. The lowest BCUT2D eigenvalue weighted by molar-refractivity contribution is -0.150. The van der Waals surface area contributed by atoms with Crippen molar-refractivity contribution < 1.29 is 23.9 Å². The molecule has 0 radical (unpaired) electrons. The van der Waals surface area contributed by atoms with Crippen molar-refractivity contribution in [3.63, 3.8) is 0 Å². The van der Waals surface area contributed by atoms with Gasteiger partial charge in [0.1, 0.15) is 12.6 Å². The van der Waals surface area contributed by atoms with Crippen molar-refractivity contribution in [3.05, 3.63) is 11.6 Å². The summed E-state index contributed by atoms with van der Waals surface area (Å²) in [5.74, 6) is 4.23. The Morgan fingerprint density at radius 2 is 1.86 bits per heavy atom. The SMILES string of the molecule is CC(C)CCC[C@@H](C)C1CC[C@H]2[C@@H]3CC=C4C[C@@H](OC(=O)CNP(=O)(O)O)CC[C@]4(C)[C@H]3CC[C@]12C. The first-order valence-electron chi connectivity index (χ1n) is 14.5. The predicted octanol–water partition coefficient (Wildman–Crippen LogP) is 6.62. The molecule has 4 rings (SSSR count). The Balaban J connectivity index is 1.39. The van der Waals surface area contributed by atoms with Crippen LogP contribution < -0.4 is 5.09 Å². The van der Waals surface area contributed by atoms with Gasteiger partial charge in [-0.2, -0.15) is 0 Å². The van der Waals surface area contributed by atoms with E-state index in [9.17, 15) is 9.36 Å². The zero-order valence-corrected chi connectivity index (χ0v) is 24.1. The maximum Gasteiger partial charge on any atom is 0.400 e. The second-order valence-electron chi connectivity index (χ2n) is 13.5. The van der Waals surface area contributed by atoms with E-state index in [-0.39, 0.29) is 11.5 Å². The van der Waals surface area contributed by atoms with Crippen LogP contribution in [0.5, 0.6) is 0 Å². The van der Waals surface area contributed by atoms with Crippen LogP contribution in [0.1, 0.15) is 105 Å². The van der Waals surface area contributed by atoms with E-state index < -0.39 is 20.3 Å². The molecule has 4 aliphatic rings. The fraction of sp³-hybridized carbons (Fsp3) is 0.897. The van der Waals surface area contributed by atoms with Gasteiger partial charge in [0.25, 0.3) is 0 Å². The molecule has 1 unspecified atom stereocenters. The summed E-state index contributed by atoms with van der Waals surface area (Å²) in [7, 11) is -4.42. The average Bonchev–Trinajstić information content (AvgIpc) is 3.14. The third-order valence-corrected chi connectivity index (χ3v) is 11.6. The molecular weight excluding hydrogens is 473 g/mol. The van der Waals surface area contributed by atoms with Gasteiger partial charge >= 0.3 is 13.7 Å². The number of esters is 1. The first-order valence-corrected chi connectivity index (χ1v) is 16.1. The molecule has 4 aliphatic carbocycles.